The molecule has 14 heavy (non-hydrogen) atoms. The van der Waals surface area contributed by atoms with E-state index in [1.54, 1.807) is 17.5 Å². The Morgan fingerprint density at radius 1 is 1.57 bits per heavy atom. The molecule has 1 nitrogen and oxygen atoms in total. The second kappa shape index (κ2) is 3.42. The van der Waals surface area contributed by atoms with E-state index in [9.17, 15) is 13.6 Å². The summed E-state index contributed by atoms with van der Waals surface area (Å²) < 4.78 is 25.7. The molecule has 0 radical (unpaired) electrons. The molecule has 1 aromatic rings. The first-order valence-electron chi connectivity index (χ1n) is 4.54. The number of hydrogen-bond donors (Lipinski definition) is 0. The summed E-state index contributed by atoms with van der Waals surface area (Å²) in [6, 6.07) is 3.47. The molecule has 76 valence electrons. The van der Waals surface area contributed by atoms with Gasteiger partial charge >= 0.3 is 0 Å². The van der Waals surface area contributed by atoms with Crippen molar-refractivity contribution in [3.05, 3.63) is 22.4 Å². The van der Waals surface area contributed by atoms with E-state index in [4.69, 9.17) is 0 Å². The SMILES string of the molecule is O=C(c1cccs1)C1CCC(F)(F)C1. The molecule has 0 bridgehead atoms. The summed E-state index contributed by atoms with van der Waals surface area (Å²) in [6.07, 6.45) is -0.0950. The fourth-order valence-corrected chi connectivity index (χ4v) is 2.54. The summed E-state index contributed by atoms with van der Waals surface area (Å²) >= 11 is 1.32. The van der Waals surface area contributed by atoms with Gasteiger partial charge in [0.1, 0.15) is 0 Å². The number of halogens is 2. The van der Waals surface area contributed by atoms with Gasteiger partial charge in [0.15, 0.2) is 5.78 Å². The van der Waals surface area contributed by atoms with Gasteiger partial charge in [-0.1, -0.05) is 6.07 Å². The van der Waals surface area contributed by atoms with Crippen molar-refractivity contribution in [2.24, 2.45) is 5.92 Å². The molecule has 0 aromatic carbocycles. The molecule has 0 saturated heterocycles. The molecule has 2 rings (SSSR count). The summed E-state index contributed by atoms with van der Waals surface area (Å²) in [6.45, 7) is 0. The van der Waals surface area contributed by atoms with E-state index in [0.29, 0.717) is 11.3 Å². The number of carbonyl (C=O) groups excluding carboxylic acids is 1. The Hall–Kier alpha value is -0.770. The Bertz CT molecular complexity index is 332. The molecule has 0 N–H and O–H groups in total. The van der Waals surface area contributed by atoms with Crippen LogP contribution >= 0.6 is 11.3 Å². The lowest BCUT2D eigenvalue weighted by Gasteiger charge is -2.08. The van der Waals surface area contributed by atoms with E-state index in [1.807, 2.05) is 0 Å². The number of hydrogen-bond acceptors (Lipinski definition) is 2. The molecule has 4 heteroatoms. The molecule has 1 saturated carbocycles. The predicted molar refractivity (Wildman–Crippen MR) is 50.9 cm³/mol. The predicted octanol–water partition coefficient (Wildman–Crippen LogP) is 3.37. The van der Waals surface area contributed by atoms with E-state index in [-0.39, 0.29) is 18.6 Å². The van der Waals surface area contributed by atoms with Crippen LogP contribution in [0.1, 0.15) is 28.9 Å². The molecular formula is C10H10F2OS. The maximum atomic E-state index is 12.8. The minimum atomic E-state index is -2.63. The zero-order valence-corrected chi connectivity index (χ0v) is 8.32. The van der Waals surface area contributed by atoms with Crippen LogP contribution in [0.3, 0.4) is 0 Å². The van der Waals surface area contributed by atoms with Crippen molar-refractivity contribution >= 4 is 17.1 Å². The number of Topliss-reactive ketones (excluding diaryl/α,β-unsaturated/α-hetero) is 1. The van der Waals surface area contributed by atoms with Crippen LogP contribution in [-0.2, 0) is 0 Å². The number of thiophene rings is 1. The summed E-state index contributed by atoms with van der Waals surface area (Å²) in [5, 5.41) is 1.79. The number of carbonyl (C=O) groups is 1. The van der Waals surface area contributed by atoms with Crippen molar-refractivity contribution < 1.29 is 13.6 Å². The highest BCUT2D eigenvalue weighted by atomic mass is 32.1. The molecular weight excluding hydrogens is 206 g/mol. The molecule has 0 amide bonds. The zero-order chi connectivity index (χ0) is 10.2. The van der Waals surface area contributed by atoms with Gasteiger partial charge in [-0.2, -0.15) is 0 Å². The largest absolute Gasteiger partial charge is 0.293 e. The second-order valence-electron chi connectivity index (χ2n) is 3.64. The molecule has 1 atom stereocenters. The maximum absolute atomic E-state index is 12.8. The van der Waals surface area contributed by atoms with E-state index in [2.05, 4.69) is 0 Å². The van der Waals surface area contributed by atoms with Gasteiger partial charge in [-0.3, -0.25) is 4.79 Å². The number of rotatable bonds is 2. The Labute approximate surface area is 84.7 Å². The molecule has 1 aliphatic rings. The van der Waals surface area contributed by atoms with Crippen molar-refractivity contribution in [1.82, 2.24) is 0 Å². The molecule has 1 aliphatic carbocycles. The zero-order valence-electron chi connectivity index (χ0n) is 7.50. The third-order valence-corrected chi connectivity index (χ3v) is 3.42. The fourth-order valence-electron chi connectivity index (χ4n) is 1.79. The van der Waals surface area contributed by atoms with Gasteiger partial charge in [0.25, 0.3) is 0 Å². The standard InChI is InChI=1S/C10H10F2OS/c11-10(12)4-3-7(6-10)9(13)8-2-1-5-14-8/h1-2,5,7H,3-4,6H2. The van der Waals surface area contributed by atoms with Gasteiger partial charge in [-0.25, -0.2) is 8.78 Å². The molecule has 0 aliphatic heterocycles. The van der Waals surface area contributed by atoms with Crippen molar-refractivity contribution in [3.63, 3.8) is 0 Å². The van der Waals surface area contributed by atoms with Crippen LogP contribution in [-0.4, -0.2) is 11.7 Å². The van der Waals surface area contributed by atoms with Crippen LogP contribution in [0.5, 0.6) is 0 Å². The van der Waals surface area contributed by atoms with E-state index < -0.39 is 11.8 Å². The quantitative estimate of drug-likeness (QED) is 0.693. The minimum absolute atomic E-state index is 0.114. The molecule has 0 spiro atoms. The van der Waals surface area contributed by atoms with Gasteiger partial charge in [-0.15, -0.1) is 11.3 Å². The Kier molecular flexibility index (Phi) is 2.39. The van der Waals surface area contributed by atoms with Gasteiger partial charge in [0.05, 0.1) is 4.88 Å². The van der Waals surface area contributed by atoms with Crippen molar-refractivity contribution in [2.45, 2.75) is 25.2 Å². The molecule has 1 heterocycles. The monoisotopic (exact) mass is 216 g/mol. The first-order valence-corrected chi connectivity index (χ1v) is 5.42. The minimum Gasteiger partial charge on any atom is -0.293 e. The summed E-state index contributed by atoms with van der Waals surface area (Å²) in [7, 11) is 0. The topological polar surface area (TPSA) is 17.1 Å². The molecule has 1 aromatic heterocycles. The normalized spacial score (nSPS) is 25.1. The Balaban J connectivity index is 2.08. The summed E-state index contributed by atoms with van der Waals surface area (Å²) in [4.78, 5) is 12.3. The number of alkyl halides is 2. The lowest BCUT2D eigenvalue weighted by Crippen LogP contribution is -2.14. The fraction of sp³-hybridized carbons (Fsp3) is 0.500. The van der Waals surface area contributed by atoms with Gasteiger partial charge in [-0.05, 0) is 17.9 Å². The third-order valence-electron chi connectivity index (χ3n) is 2.54. The van der Waals surface area contributed by atoms with Crippen LogP contribution < -0.4 is 0 Å². The highest BCUT2D eigenvalue weighted by molar-refractivity contribution is 7.12. The van der Waals surface area contributed by atoms with Crippen molar-refractivity contribution in [1.29, 1.82) is 0 Å². The van der Waals surface area contributed by atoms with Crippen LogP contribution in [0, 0.1) is 5.92 Å². The lowest BCUT2D eigenvalue weighted by atomic mass is 10.0. The highest BCUT2D eigenvalue weighted by Gasteiger charge is 2.42. The van der Waals surface area contributed by atoms with Crippen molar-refractivity contribution in [2.75, 3.05) is 0 Å². The van der Waals surface area contributed by atoms with Crippen LogP contribution in [0.15, 0.2) is 17.5 Å². The van der Waals surface area contributed by atoms with Crippen molar-refractivity contribution in [3.8, 4) is 0 Å². The first kappa shape index (κ1) is 9.77. The third kappa shape index (κ3) is 1.85. The van der Waals surface area contributed by atoms with Gasteiger partial charge < -0.3 is 0 Å². The lowest BCUT2D eigenvalue weighted by molar-refractivity contribution is 0.00532. The van der Waals surface area contributed by atoms with Gasteiger partial charge in [0, 0.05) is 18.8 Å². The summed E-state index contributed by atoms with van der Waals surface area (Å²) in [5.41, 5.74) is 0. The molecule has 1 unspecified atom stereocenters. The maximum Gasteiger partial charge on any atom is 0.248 e. The van der Waals surface area contributed by atoms with Gasteiger partial charge in [0.2, 0.25) is 5.92 Å². The van der Waals surface area contributed by atoms with E-state index in [0.717, 1.165) is 0 Å². The smallest absolute Gasteiger partial charge is 0.248 e. The van der Waals surface area contributed by atoms with Crippen LogP contribution in [0.4, 0.5) is 8.78 Å². The Morgan fingerprint density at radius 2 is 2.36 bits per heavy atom. The first-order chi connectivity index (χ1) is 6.58. The summed E-state index contributed by atoms with van der Waals surface area (Å²) in [5.74, 6) is -3.21. The number of ketones is 1. The second-order valence-corrected chi connectivity index (χ2v) is 4.58. The average Bonchev–Trinajstić information content (AvgIpc) is 2.72. The van der Waals surface area contributed by atoms with Crippen LogP contribution in [0.2, 0.25) is 0 Å². The van der Waals surface area contributed by atoms with Crippen LogP contribution in [0.25, 0.3) is 0 Å². The highest BCUT2D eigenvalue weighted by Crippen LogP contribution is 2.40. The van der Waals surface area contributed by atoms with E-state index >= 15 is 0 Å². The molecule has 1 fully saturated rings. The van der Waals surface area contributed by atoms with E-state index in [1.165, 1.54) is 11.3 Å². The average molecular weight is 216 g/mol. The Morgan fingerprint density at radius 3 is 2.86 bits per heavy atom.